The predicted octanol–water partition coefficient (Wildman–Crippen LogP) is 3.55. The van der Waals surface area contributed by atoms with E-state index in [1.54, 1.807) is 13.3 Å². The van der Waals surface area contributed by atoms with Crippen LogP contribution in [0.2, 0.25) is 0 Å². The Morgan fingerprint density at radius 2 is 1.94 bits per heavy atom. The van der Waals surface area contributed by atoms with E-state index < -0.39 is 0 Å². The maximum Gasteiger partial charge on any atom is 0.221 e. The van der Waals surface area contributed by atoms with Crippen molar-refractivity contribution in [1.82, 2.24) is 29.9 Å². The highest BCUT2D eigenvalue weighted by atomic mass is 32.1. The first kappa shape index (κ1) is 21.5. The van der Waals surface area contributed by atoms with Crippen molar-refractivity contribution in [2.75, 3.05) is 13.7 Å². The fourth-order valence-electron chi connectivity index (χ4n) is 3.37. The van der Waals surface area contributed by atoms with Gasteiger partial charge in [-0.25, -0.2) is 4.68 Å². The number of methoxy groups -OCH3 is 1. The topological polar surface area (TPSA) is 89.8 Å². The lowest BCUT2D eigenvalue weighted by molar-refractivity contribution is -0.121. The Bertz CT molecular complexity index is 1210. The zero-order valence-corrected chi connectivity index (χ0v) is 18.5. The highest BCUT2D eigenvalue weighted by molar-refractivity contribution is 7.71. The quantitative estimate of drug-likeness (QED) is 0.382. The second-order valence-electron chi connectivity index (χ2n) is 7.20. The molecule has 0 bridgehead atoms. The molecular weight excluding hydrogens is 424 g/mol. The number of benzene rings is 2. The van der Waals surface area contributed by atoms with E-state index in [4.69, 9.17) is 17.0 Å². The molecule has 0 aliphatic heterocycles. The number of ether oxygens (including phenoxy) is 1. The van der Waals surface area contributed by atoms with Crippen LogP contribution in [0.15, 0.2) is 67.0 Å². The van der Waals surface area contributed by atoms with E-state index in [1.165, 1.54) is 0 Å². The summed E-state index contributed by atoms with van der Waals surface area (Å²) in [5.41, 5.74) is 3.06. The van der Waals surface area contributed by atoms with Gasteiger partial charge in [0.15, 0.2) is 10.6 Å². The highest BCUT2D eigenvalue weighted by Crippen LogP contribution is 2.21. The molecule has 0 radical (unpaired) electrons. The van der Waals surface area contributed by atoms with E-state index in [-0.39, 0.29) is 5.91 Å². The van der Waals surface area contributed by atoms with E-state index in [0.29, 0.717) is 30.1 Å². The van der Waals surface area contributed by atoms with E-state index in [0.717, 1.165) is 29.0 Å². The lowest BCUT2D eigenvalue weighted by Crippen LogP contribution is -2.26. The molecule has 0 fully saturated rings. The van der Waals surface area contributed by atoms with Gasteiger partial charge in [0, 0.05) is 37.5 Å². The first-order valence-electron chi connectivity index (χ1n) is 10.3. The van der Waals surface area contributed by atoms with Gasteiger partial charge < -0.3 is 10.1 Å². The minimum Gasteiger partial charge on any atom is -0.497 e. The number of amides is 1. The van der Waals surface area contributed by atoms with Crippen LogP contribution in [0, 0.1) is 4.77 Å². The number of H-pyrrole nitrogens is 1. The molecular formula is C23H24N6O2S. The number of carbonyl (C=O) groups is 1. The molecule has 0 aliphatic carbocycles. The number of nitrogens with zero attached hydrogens (tertiary/aromatic N) is 4. The Hall–Kier alpha value is -3.72. The average molecular weight is 449 g/mol. The van der Waals surface area contributed by atoms with Crippen molar-refractivity contribution in [2.45, 2.75) is 19.4 Å². The normalized spacial score (nSPS) is 10.8. The van der Waals surface area contributed by atoms with E-state index in [2.05, 4.69) is 32.7 Å². The largest absolute Gasteiger partial charge is 0.497 e. The van der Waals surface area contributed by atoms with Gasteiger partial charge in [0.05, 0.1) is 12.8 Å². The van der Waals surface area contributed by atoms with Crippen molar-refractivity contribution in [3.63, 3.8) is 0 Å². The summed E-state index contributed by atoms with van der Waals surface area (Å²) in [6, 6.07) is 17.6. The molecule has 0 saturated heterocycles. The maximum absolute atomic E-state index is 12.4. The molecule has 2 aromatic heterocycles. The zero-order chi connectivity index (χ0) is 22.3. The molecule has 0 saturated carbocycles. The Morgan fingerprint density at radius 3 is 2.62 bits per heavy atom. The fraction of sp³-hybridized carbons (Fsp3) is 0.217. The van der Waals surface area contributed by atoms with E-state index in [1.807, 2.05) is 57.9 Å². The third-order valence-corrected chi connectivity index (χ3v) is 5.42. The van der Waals surface area contributed by atoms with Crippen molar-refractivity contribution < 1.29 is 9.53 Å². The Morgan fingerprint density at radius 1 is 1.16 bits per heavy atom. The van der Waals surface area contributed by atoms with Crippen molar-refractivity contribution in [3.05, 3.63) is 77.3 Å². The second-order valence-corrected chi connectivity index (χ2v) is 7.59. The molecule has 4 rings (SSSR count). The molecule has 0 atom stereocenters. The summed E-state index contributed by atoms with van der Waals surface area (Å²) in [4.78, 5) is 12.4. The zero-order valence-electron chi connectivity index (χ0n) is 17.7. The fourth-order valence-corrected chi connectivity index (χ4v) is 3.59. The first-order valence-corrected chi connectivity index (χ1v) is 10.7. The molecule has 32 heavy (non-hydrogen) atoms. The minimum absolute atomic E-state index is 0.0260. The van der Waals surface area contributed by atoms with Gasteiger partial charge in [-0.05, 0) is 66.7 Å². The van der Waals surface area contributed by atoms with Crippen molar-refractivity contribution in [3.8, 4) is 22.8 Å². The van der Waals surface area contributed by atoms with Crippen LogP contribution in [0.25, 0.3) is 17.1 Å². The Labute approximate surface area is 190 Å². The van der Waals surface area contributed by atoms with Gasteiger partial charge in [-0.2, -0.15) is 10.2 Å². The van der Waals surface area contributed by atoms with Gasteiger partial charge in [0.25, 0.3) is 0 Å². The summed E-state index contributed by atoms with van der Waals surface area (Å²) in [7, 11) is 1.63. The molecule has 4 aromatic rings. The molecule has 2 aromatic carbocycles. The van der Waals surface area contributed by atoms with Gasteiger partial charge in [-0.3, -0.25) is 14.5 Å². The summed E-state index contributed by atoms with van der Waals surface area (Å²) in [5.74, 6) is 1.44. The number of rotatable bonds is 9. The minimum atomic E-state index is -0.0260. The molecule has 1 amide bonds. The van der Waals surface area contributed by atoms with Crippen LogP contribution in [-0.2, 0) is 17.8 Å². The van der Waals surface area contributed by atoms with Gasteiger partial charge in [-0.15, -0.1) is 0 Å². The van der Waals surface area contributed by atoms with Crippen molar-refractivity contribution >= 4 is 18.1 Å². The molecule has 0 spiro atoms. The average Bonchev–Trinajstić information content (AvgIpc) is 3.48. The van der Waals surface area contributed by atoms with Gasteiger partial charge in [0.1, 0.15) is 5.75 Å². The number of carbonyl (C=O) groups excluding carboxylic acids is 1. The summed E-state index contributed by atoms with van der Waals surface area (Å²) >= 11 is 5.35. The molecule has 164 valence electrons. The first-order chi connectivity index (χ1) is 15.6. The van der Waals surface area contributed by atoms with Crippen LogP contribution in [0.5, 0.6) is 5.75 Å². The highest BCUT2D eigenvalue weighted by Gasteiger charge is 2.11. The maximum atomic E-state index is 12.4. The van der Waals surface area contributed by atoms with E-state index >= 15 is 0 Å². The van der Waals surface area contributed by atoms with Crippen LogP contribution < -0.4 is 10.1 Å². The third kappa shape index (κ3) is 5.12. The molecule has 2 heterocycles. The lowest BCUT2D eigenvalue weighted by Gasteiger charge is -2.09. The number of hydrogen-bond donors (Lipinski definition) is 2. The Balaban J connectivity index is 1.28. The summed E-state index contributed by atoms with van der Waals surface area (Å²) in [5, 5.41) is 14.3. The third-order valence-electron chi connectivity index (χ3n) is 5.11. The van der Waals surface area contributed by atoms with Gasteiger partial charge in [0.2, 0.25) is 5.91 Å². The van der Waals surface area contributed by atoms with Crippen LogP contribution >= 0.6 is 12.2 Å². The van der Waals surface area contributed by atoms with Crippen LogP contribution in [-0.4, -0.2) is 44.1 Å². The molecule has 2 N–H and O–H groups in total. The molecule has 0 aliphatic rings. The Kier molecular flexibility index (Phi) is 6.76. The lowest BCUT2D eigenvalue weighted by atomic mass is 10.1. The number of aromatic nitrogens is 5. The SMILES string of the molecule is COc1ccc(-c2n[nH]c(=S)n2CCC(=O)NCCc2ccc(-n3cccn3)cc2)cc1. The molecule has 0 unspecified atom stereocenters. The van der Waals surface area contributed by atoms with Crippen molar-refractivity contribution in [1.29, 1.82) is 0 Å². The molecule has 9 heteroatoms. The smallest absolute Gasteiger partial charge is 0.221 e. The van der Waals surface area contributed by atoms with Gasteiger partial charge >= 0.3 is 0 Å². The summed E-state index contributed by atoms with van der Waals surface area (Å²) in [6.45, 7) is 1.02. The summed E-state index contributed by atoms with van der Waals surface area (Å²) < 4.78 is 9.34. The summed E-state index contributed by atoms with van der Waals surface area (Å²) in [6.07, 6.45) is 4.73. The predicted molar refractivity (Wildman–Crippen MR) is 124 cm³/mol. The second kappa shape index (κ2) is 10.1. The van der Waals surface area contributed by atoms with Crippen molar-refractivity contribution in [2.24, 2.45) is 0 Å². The van der Waals surface area contributed by atoms with E-state index in [9.17, 15) is 4.79 Å². The van der Waals surface area contributed by atoms with Crippen LogP contribution in [0.4, 0.5) is 0 Å². The number of nitrogens with one attached hydrogen (secondary N) is 2. The monoisotopic (exact) mass is 448 g/mol. The number of hydrogen-bond acceptors (Lipinski definition) is 5. The molecule has 8 nitrogen and oxygen atoms in total. The van der Waals surface area contributed by atoms with Gasteiger partial charge in [-0.1, -0.05) is 12.1 Å². The number of aromatic amines is 1. The van der Waals surface area contributed by atoms with Crippen LogP contribution in [0.1, 0.15) is 12.0 Å². The standard InChI is InChI=1S/C23H24N6O2S/c1-31-20-9-5-18(6-10-20)22-26-27-23(32)28(22)16-12-21(30)24-14-11-17-3-7-19(8-4-17)29-15-2-13-25-29/h2-10,13,15H,11-12,14,16H2,1H3,(H,24,30)(H,27,32). The van der Waals surface area contributed by atoms with Crippen LogP contribution in [0.3, 0.4) is 0 Å².